The van der Waals surface area contributed by atoms with Crippen molar-refractivity contribution in [2.45, 2.75) is 62.4 Å². The minimum absolute atomic E-state index is 0.0373. The second-order valence-corrected chi connectivity index (χ2v) is 10.5. The van der Waals surface area contributed by atoms with Gasteiger partial charge in [-0.25, -0.2) is 4.79 Å². The summed E-state index contributed by atoms with van der Waals surface area (Å²) < 4.78 is -0.677. The summed E-state index contributed by atoms with van der Waals surface area (Å²) in [6, 6.07) is -1.70. The van der Waals surface area contributed by atoms with E-state index in [0.717, 1.165) is 4.90 Å². The summed E-state index contributed by atoms with van der Waals surface area (Å²) in [5.74, 6) is -0.769. The number of azide groups is 2. The molecule has 2 heterocycles. The number of fused-ring (bicyclic) bond motifs is 1. The number of hydrogen-bond donors (Lipinski definition) is 1. The van der Waals surface area contributed by atoms with Crippen molar-refractivity contribution in [1.82, 2.24) is 14.7 Å². The second kappa shape index (κ2) is 9.13. The maximum atomic E-state index is 13.4. The van der Waals surface area contributed by atoms with Crippen molar-refractivity contribution in [2.24, 2.45) is 10.2 Å². The Morgan fingerprint density at radius 3 is 2.13 bits per heavy atom. The summed E-state index contributed by atoms with van der Waals surface area (Å²) in [6.45, 7) is 9.13. The summed E-state index contributed by atoms with van der Waals surface area (Å²) in [5, 5.41) is 16.1. The smallest absolute Gasteiger partial charge is 0.408 e. The molecule has 3 atom stereocenters. The van der Waals surface area contributed by atoms with Crippen molar-refractivity contribution in [2.75, 3.05) is 26.2 Å². The molecule has 0 unspecified atom stereocenters. The van der Waals surface area contributed by atoms with Gasteiger partial charge in [-0.2, -0.15) is 0 Å². The van der Waals surface area contributed by atoms with Gasteiger partial charge in [0.05, 0.1) is 0 Å². The lowest BCUT2D eigenvalue weighted by Gasteiger charge is -2.51. The van der Waals surface area contributed by atoms with E-state index in [1.807, 2.05) is 13.8 Å². The minimum atomic E-state index is -1.19. The summed E-state index contributed by atoms with van der Waals surface area (Å²) >= 11 is 1.39. The maximum absolute atomic E-state index is 13.4. The molecule has 14 heteroatoms. The monoisotopic (exact) mass is 453 g/mol. The molecule has 0 saturated carbocycles. The molecule has 2 aliphatic heterocycles. The Morgan fingerprint density at radius 1 is 1.19 bits per heavy atom. The van der Waals surface area contributed by atoms with Gasteiger partial charge in [-0.15, -0.1) is 11.8 Å². The molecule has 0 radical (unpaired) electrons. The van der Waals surface area contributed by atoms with E-state index in [1.54, 1.807) is 20.8 Å². The highest BCUT2D eigenvalue weighted by molar-refractivity contribution is 8.01. The van der Waals surface area contributed by atoms with Gasteiger partial charge >= 0.3 is 6.09 Å². The largest absolute Gasteiger partial charge is 0.465 e. The molecule has 2 saturated heterocycles. The van der Waals surface area contributed by atoms with Crippen LogP contribution in [0, 0.1) is 0 Å². The summed E-state index contributed by atoms with van der Waals surface area (Å²) in [4.78, 5) is 47.8. The normalized spacial score (nSPS) is 23.7. The van der Waals surface area contributed by atoms with Crippen molar-refractivity contribution in [1.29, 1.82) is 0 Å². The molecule has 13 nitrogen and oxygen atoms in total. The first-order valence-electron chi connectivity index (χ1n) is 9.71. The van der Waals surface area contributed by atoms with Gasteiger partial charge < -0.3 is 14.9 Å². The van der Waals surface area contributed by atoms with E-state index < -0.39 is 39.7 Å². The highest BCUT2D eigenvalue weighted by Crippen LogP contribution is 2.53. The van der Waals surface area contributed by atoms with E-state index in [9.17, 15) is 19.5 Å². The van der Waals surface area contributed by atoms with Crippen LogP contribution in [0.3, 0.4) is 0 Å². The second-order valence-electron chi connectivity index (χ2n) is 8.76. The molecule has 0 aromatic carbocycles. The topological polar surface area (TPSA) is 179 Å². The number of hydrogen-bond acceptors (Lipinski definition) is 6. The predicted molar refractivity (Wildman–Crippen MR) is 114 cm³/mol. The average Bonchev–Trinajstić information content (AvgIpc) is 2.90. The standard InChI is InChI=1S/C17H27N9O4S/c1-16(2,3)26(15(29)30)10-12(27)25-11(17(4,5)31-14(10)25)13(28)24(8-6-20-22-18)9-7-21-23-19/h10-11,14H,6-9H2,1-5H3,(H,29,30)/t10-,11+,14-/m1/s1. The van der Waals surface area contributed by atoms with Crippen LogP contribution in [0.2, 0.25) is 0 Å². The summed E-state index contributed by atoms with van der Waals surface area (Å²) in [7, 11) is 0. The highest BCUT2D eigenvalue weighted by atomic mass is 32.2. The van der Waals surface area contributed by atoms with Gasteiger partial charge in [-0.1, -0.05) is 10.2 Å². The van der Waals surface area contributed by atoms with Gasteiger partial charge in [-0.3, -0.25) is 14.5 Å². The molecule has 3 amide bonds. The Labute approximate surface area is 184 Å². The molecule has 1 N–H and O–H groups in total. The fraction of sp³-hybridized carbons (Fsp3) is 0.824. The zero-order valence-electron chi connectivity index (χ0n) is 18.2. The molecule has 0 aromatic heterocycles. The Bertz CT molecular complexity index is 823. The van der Waals surface area contributed by atoms with Crippen LogP contribution in [-0.2, 0) is 9.59 Å². The third-order valence-corrected chi connectivity index (χ3v) is 6.79. The van der Waals surface area contributed by atoms with Crippen molar-refractivity contribution in [3.8, 4) is 0 Å². The quantitative estimate of drug-likeness (QED) is 0.256. The molecule has 0 aliphatic carbocycles. The fourth-order valence-corrected chi connectivity index (χ4v) is 5.65. The van der Waals surface area contributed by atoms with Crippen LogP contribution < -0.4 is 0 Å². The molecular weight excluding hydrogens is 426 g/mol. The van der Waals surface area contributed by atoms with Crippen LogP contribution in [0.15, 0.2) is 10.2 Å². The van der Waals surface area contributed by atoms with E-state index in [0.29, 0.717) is 0 Å². The van der Waals surface area contributed by atoms with Crippen molar-refractivity contribution in [3.05, 3.63) is 20.9 Å². The third kappa shape index (κ3) is 4.76. The Hall–Kier alpha value is -2.82. The number of carbonyl (C=O) groups is 3. The van der Waals surface area contributed by atoms with E-state index in [-0.39, 0.29) is 32.1 Å². The lowest BCUT2D eigenvalue weighted by atomic mass is 9.92. The van der Waals surface area contributed by atoms with Crippen LogP contribution in [-0.4, -0.2) is 91.6 Å². The number of rotatable bonds is 8. The van der Waals surface area contributed by atoms with Gasteiger partial charge in [0.25, 0.3) is 0 Å². The van der Waals surface area contributed by atoms with Gasteiger partial charge in [-0.05, 0) is 45.7 Å². The molecule has 2 fully saturated rings. The lowest BCUT2D eigenvalue weighted by molar-refractivity contribution is -0.164. The van der Waals surface area contributed by atoms with Crippen molar-refractivity contribution >= 4 is 29.7 Å². The number of β-lactam (4-membered cyclic amide) rings is 1. The zero-order valence-corrected chi connectivity index (χ0v) is 19.0. The highest BCUT2D eigenvalue weighted by Gasteiger charge is 2.66. The first-order valence-corrected chi connectivity index (χ1v) is 10.6. The van der Waals surface area contributed by atoms with E-state index in [1.165, 1.54) is 21.6 Å². The molecule has 170 valence electrons. The Kier molecular flexibility index (Phi) is 7.20. The van der Waals surface area contributed by atoms with Crippen molar-refractivity contribution in [3.63, 3.8) is 0 Å². The molecule has 0 aromatic rings. The van der Waals surface area contributed by atoms with Gasteiger partial charge in [0, 0.05) is 46.3 Å². The van der Waals surface area contributed by atoms with Crippen molar-refractivity contribution < 1.29 is 19.5 Å². The van der Waals surface area contributed by atoms with Gasteiger partial charge in [0.1, 0.15) is 17.5 Å². The molecular formula is C17H27N9O4S. The van der Waals surface area contributed by atoms with E-state index in [2.05, 4.69) is 20.1 Å². The molecule has 0 bridgehead atoms. The van der Waals surface area contributed by atoms with Gasteiger partial charge in [0.15, 0.2) is 0 Å². The lowest BCUT2D eigenvalue weighted by Crippen LogP contribution is -2.74. The van der Waals surface area contributed by atoms with E-state index >= 15 is 0 Å². The predicted octanol–water partition coefficient (Wildman–Crippen LogP) is 2.65. The van der Waals surface area contributed by atoms with Gasteiger partial charge in [0.2, 0.25) is 11.8 Å². The maximum Gasteiger partial charge on any atom is 0.408 e. The number of carboxylic acid groups (broad SMARTS) is 1. The first kappa shape index (κ1) is 24.4. The molecule has 2 aliphatic rings. The number of thioether (sulfide) groups is 1. The molecule has 0 spiro atoms. The summed E-state index contributed by atoms with van der Waals surface area (Å²) in [5.41, 5.74) is 16.2. The molecule has 2 rings (SSSR count). The first-order chi connectivity index (χ1) is 14.4. The number of amides is 3. The van der Waals surface area contributed by atoms with Crippen LogP contribution in [0.25, 0.3) is 20.9 Å². The van der Waals surface area contributed by atoms with E-state index in [4.69, 9.17) is 11.1 Å². The van der Waals surface area contributed by atoms with Crippen LogP contribution >= 0.6 is 11.8 Å². The number of carbonyl (C=O) groups excluding carboxylic acids is 2. The fourth-order valence-electron chi connectivity index (χ4n) is 3.98. The van der Waals surface area contributed by atoms with Crippen LogP contribution in [0.5, 0.6) is 0 Å². The summed E-state index contributed by atoms with van der Waals surface area (Å²) in [6.07, 6.45) is -1.19. The van der Waals surface area contributed by atoms with Crippen LogP contribution in [0.1, 0.15) is 34.6 Å². The number of nitrogens with zero attached hydrogens (tertiary/aromatic N) is 9. The third-order valence-electron chi connectivity index (χ3n) is 5.23. The Balaban J connectivity index is 2.31. The minimum Gasteiger partial charge on any atom is -0.465 e. The Morgan fingerprint density at radius 2 is 1.71 bits per heavy atom. The SMILES string of the molecule is CC1(C)S[C@@H]2[C@H](N(C(=O)O)C(C)(C)C)C(=O)N2[C@H]1C(=O)N(CCN=[N+]=[N-])CCN=[N+]=[N-]. The zero-order chi connectivity index (χ0) is 23.6. The van der Waals surface area contributed by atoms with Crippen LogP contribution in [0.4, 0.5) is 4.79 Å². The average molecular weight is 454 g/mol. The molecule has 31 heavy (non-hydrogen) atoms.